The van der Waals surface area contributed by atoms with Crippen molar-refractivity contribution in [2.75, 3.05) is 13.2 Å². The van der Waals surface area contributed by atoms with Gasteiger partial charge in [-0.2, -0.15) is 13.2 Å². The van der Waals surface area contributed by atoms with E-state index in [0.717, 1.165) is 6.07 Å². The first-order chi connectivity index (χ1) is 9.75. The van der Waals surface area contributed by atoms with Gasteiger partial charge in [-0.1, -0.05) is 0 Å². The summed E-state index contributed by atoms with van der Waals surface area (Å²) in [5.41, 5.74) is -1.96. The number of alkyl halides is 3. The second-order valence-corrected chi connectivity index (χ2v) is 3.84. The molecule has 1 aromatic carbocycles. The highest BCUT2D eigenvalue weighted by molar-refractivity contribution is 5.69. The van der Waals surface area contributed by atoms with E-state index in [1.807, 2.05) is 0 Å². The fourth-order valence-electron chi connectivity index (χ4n) is 1.44. The van der Waals surface area contributed by atoms with Crippen molar-refractivity contribution < 1.29 is 32.4 Å². The molecule has 21 heavy (non-hydrogen) atoms. The van der Waals surface area contributed by atoms with Crippen LogP contribution in [0.2, 0.25) is 0 Å². The van der Waals surface area contributed by atoms with Crippen LogP contribution >= 0.6 is 0 Å². The lowest BCUT2D eigenvalue weighted by atomic mass is 10.2. The summed E-state index contributed by atoms with van der Waals surface area (Å²) < 4.78 is 47.0. The second-order valence-electron chi connectivity index (χ2n) is 3.84. The number of esters is 1. The van der Waals surface area contributed by atoms with E-state index in [1.54, 1.807) is 6.92 Å². The first-order valence-electron chi connectivity index (χ1n) is 5.89. The molecule has 0 unspecified atom stereocenters. The van der Waals surface area contributed by atoms with Crippen molar-refractivity contribution in [3.05, 3.63) is 33.9 Å². The molecule has 9 heteroatoms. The van der Waals surface area contributed by atoms with E-state index in [0.29, 0.717) is 12.1 Å². The Hall–Kier alpha value is -2.32. The molecule has 0 saturated heterocycles. The van der Waals surface area contributed by atoms with Crippen LogP contribution in [0.15, 0.2) is 18.2 Å². The highest BCUT2D eigenvalue weighted by Crippen LogP contribution is 2.36. The Bertz CT molecular complexity index is 530. The zero-order chi connectivity index (χ0) is 16.0. The first-order valence-corrected chi connectivity index (χ1v) is 5.89. The van der Waals surface area contributed by atoms with Crippen molar-refractivity contribution in [2.45, 2.75) is 19.5 Å². The fraction of sp³-hybridized carbons (Fsp3) is 0.417. The minimum absolute atomic E-state index is 0.161. The van der Waals surface area contributed by atoms with Crippen molar-refractivity contribution in [1.82, 2.24) is 0 Å². The maximum atomic E-state index is 12.5. The van der Waals surface area contributed by atoms with Gasteiger partial charge in [-0.05, 0) is 19.1 Å². The number of hydrogen-bond donors (Lipinski definition) is 0. The van der Waals surface area contributed by atoms with E-state index in [1.165, 1.54) is 0 Å². The minimum Gasteiger partial charge on any atom is -0.486 e. The molecule has 1 aromatic rings. The highest BCUT2D eigenvalue weighted by Gasteiger charge is 2.33. The molecule has 0 N–H and O–H groups in total. The summed E-state index contributed by atoms with van der Waals surface area (Å²) in [4.78, 5) is 20.8. The SMILES string of the molecule is CCOC(=O)CCOc1ccc(C(F)(F)F)cc1[N+](=O)[O-]. The van der Waals surface area contributed by atoms with Gasteiger partial charge in [0.2, 0.25) is 0 Å². The topological polar surface area (TPSA) is 78.7 Å². The molecular formula is C12H12F3NO5. The van der Waals surface area contributed by atoms with Gasteiger partial charge >= 0.3 is 17.8 Å². The summed E-state index contributed by atoms with van der Waals surface area (Å²) in [6, 6.07) is 1.92. The summed E-state index contributed by atoms with van der Waals surface area (Å²) in [5.74, 6) is -0.899. The van der Waals surface area contributed by atoms with Crippen LogP contribution < -0.4 is 4.74 Å². The van der Waals surface area contributed by atoms with Crippen molar-refractivity contribution >= 4 is 11.7 Å². The van der Waals surface area contributed by atoms with Gasteiger partial charge in [-0.25, -0.2) is 0 Å². The number of halogens is 3. The van der Waals surface area contributed by atoms with Crippen LogP contribution in [0.3, 0.4) is 0 Å². The van der Waals surface area contributed by atoms with E-state index in [9.17, 15) is 28.1 Å². The van der Waals surface area contributed by atoms with Crippen LogP contribution in [0.4, 0.5) is 18.9 Å². The smallest absolute Gasteiger partial charge is 0.416 e. The molecular weight excluding hydrogens is 295 g/mol. The molecule has 0 aromatic heterocycles. The van der Waals surface area contributed by atoms with Crippen molar-refractivity contribution in [3.8, 4) is 5.75 Å². The minimum atomic E-state index is -4.69. The lowest BCUT2D eigenvalue weighted by Gasteiger charge is -2.10. The molecule has 0 amide bonds. The molecule has 0 radical (unpaired) electrons. The number of nitro groups is 1. The highest BCUT2D eigenvalue weighted by atomic mass is 19.4. The van der Waals surface area contributed by atoms with Crippen molar-refractivity contribution in [3.63, 3.8) is 0 Å². The average Bonchev–Trinajstić information content (AvgIpc) is 2.37. The molecule has 0 aliphatic carbocycles. The Kier molecular flexibility index (Phi) is 5.51. The van der Waals surface area contributed by atoms with Crippen LogP contribution in [0, 0.1) is 10.1 Å². The van der Waals surface area contributed by atoms with Gasteiger partial charge in [0.1, 0.15) is 0 Å². The van der Waals surface area contributed by atoms with Gasteiger partial charge in [0.15, 0.2) is 5.75 Å². The summed E-state index contributed by atoms with van der Waals surface area (Å²) in [6.45, 7) is 1.56. The Balaban J connectivity index is 2.83. The molecule has 0 bridgehead atoms. The quantitative estimate of drug-likeness (QED) is 0.458. The number of ether oxygens (including phenoxy) is 2. The van der Waals surface area contributed by atoms with E-state index in [-0.39, 0.29) is 25.4 Å². The third kappa shape index (κ3) is 4.93. The molecule has 6 nitrogen and oxygen atoms in total. The van der Waals surface area contributed by atoms with Crippen molar-refractivity contribution in [1.29, 1.82) is 0 Å². The third-order valence-corrected chi connectivity index (χ3v) is 2.35. The Morgan fingerprint density at radius 1 is 1.38 bits per heavy atom. The van der Waals surface area contributed by atoms with E-state index in [4.69, 9.17) is 4.74 Å². The fourth-order valence-corrected chi connectivity index (χ4v) is 1.44. The summed E-state index contributed by atoms with van der Waals surface area (Å²) in [7, 11) is 0. The molecule has 0 saturated carbocycles. The summed E-state index contributed by atoms with van der Waals surface area (Å²) in [5, 5.41) is 10.8. The zero-order valence-electron chi connectivity index (χ0n) is 11.0. The predicted molar refractivity (Wildman–Crippen MR) is 64.8 cm³/mol. The number of nitro benzene ring substituents is 1. The van der Waals surface area contributed by atoms with Crippen LogP contribution in [-0.4, -0.2) is 24.1 Å². The number of rotatable bonds is 6. The maximum absolute atomic E-state index is 12.5. The van der Waals surface area contributed by atoms with E-state index in [2.05, 4.69) is 4.74 Å². The Morgan fingerprint density at radius 3 is 2.57 bits per heavy atom. The van der Waals surface area contributed by atoms with Gasteiger partial charge in [-0.3, -0.25) is 14.9 Å². The molecule has 1 rings (SSSR count). The normalized spacial score (nSPS) is 11.0. The Morgan fingerprint density at radius 2 is 2.05 bits per heavy atom. The summed E-state index contributed by atoms with van der Waals surface area (Å²) in [6.07, 6.45) is -4.85. The molecule has 0 aliphatic heterocycles. The largest absolute Gasteiger partial charge is 0.486 e. The predicted octanol–water partition coefficient (Wildman–Crippen LogP) is 2.95. The lowest BCUT2D eigenvalue weighted by molar-refractivity contribution is -0.386. The molecule has 0 atom stereocenters. The van der Waals surface area contributed by atoms with E-state index >= 15 is 0 Å². The molecule has 116 valence electrons. The number of carbonyl (C=O) groups excluding carboxylic acids is 1. The second kappa shape index (κ2) is 6.91. The maximum Gasteiger partial charge on any atom is 0.416 e. The standard InChI is InChI=1S/C12H12F3NO5/c1-2-20-11(17)5-6-21-10-4-3-8(12(13,14)15)7-9(10)16(18)19/h3-4,7H,2,5-6H2,1H3. The molecule has 0 heterocycles. The number of benzene rings is 1. The van der Waals surface area contributed by atoms with Gasteiger partial charge in [0.05, 0.1) is 30.1 Å². The zero-order valence-corrected chi connectivity index (χ0v) is 11.0. The number of hydrogen-bond acceptors (Lipinski definition) is 5. The van der Waals surface area contributed by atoms with Gasteiger partial charge in [-0.15, -0.1) is 0 Å². The third-order valence-electron chi connectivity index (χ3n) is 2.35. The summed E-state index contributed by atoms with van der Waals surface area (Å²) >= 11 is 0. The molecule has 0 fully saturated rings. The van der Waals surface area contributed by atoms with Crippen LogP contribution in [0.5, 0.6) is 5.75 Å². The first kappa shape index (κ1) is 16.7. The number of nitrogens with zero attached hydrogens (tertiary/aromatic N) is 1. The average molecular weight is 307 g/mol. The monoisotopic (exact) mass is 307 g/mol. The van der Waals surface area contributed by atoms with Crippen LogP contribution in [0.25, 0.3) is 0 Å². The van der Waals surface area contributed by atoms with Gasteiger partial charge in [0.25, 0.3) is 0 Å². The van der Waals surface area contributed by atoms with Gasteiger partial charge in [0, 0.05) is 6.07 Å². The van der Waals surface area contributed by atoms with Crippen LogP contribution in [-0.2, 0) is 15.7 Å². The lowest BCUT2D eigenvalue weighted by Crippen LogP contribution is -2.11. The number of carbonyl (C=O) groups is 1. The van der Waals surface area contributed by atoms with E-state index < -0.39 is 28.3 Å². The molecule has 0 aliphatic rings. The van der Waals surface area contributed by atoms with Crippen LogP contribution in [0.1, 0.15) is 18.9 Å². The van der Waals surface area contributed by atoms with Gasteiger partial charge < -0.3 is 9.47 Å². The molecule has 0 spiro atoms. The Labute approximate surface area is 117 Å². The van der Waals surface area contributed by atoms with Crippen molar-refractivity contribution in [2.24, 2.45) is 0 Å².